The second-order valence-corrected chi connectivity index (χ2v) is 29.5. The van der Waals surface area contributed by atoms with E-state index in [0.717, 1.165) is 95.4 Å². The van der Waals surface area contributed by atoms with Crippen molar-refractivity contribution in [3.8, 4) is 0 Å². The molecule has 0 aromatic heterocycles. The minimum absolute atomic E-state index is 0.480. The van der Waals surface area contributed by atoms with E-state index in [2.05, 4.69) is 82.7 Å². The van der Waals surface area contributed by atoms with Gasteiger partial charge < -0.3 is 10.6 Å². The fourth-order valence-corrected chi connectivity index (χ4v) is 23.1. The molecule has 0 bridgehead atoms. The summed E-state index contributed by atoms with van der Waals surface area (Å²) in [6.07, 6.45) is 46.2. The predicted octanol–water partition coefficient (Wildman–Crippen LogP) is 11.2. The molecule has 70 heavy (non-hydrogen) atoms. The van der Waals surface area contributed by atoms with Crippen LogP contribution in [0.5, 0.6) is 0 Å². The zero-order valence-corrected chi connectivity index (χ0v) is 46.1. The molecule has 8 nitrogen and oxygen atoms in total. The first-order valence-electron chi connectivity index (χ1n) is 32.1. The number of likely N-dealkylation sites (tertiary alicyclic amines) is 2. The summed E-state index contributed by atoms with van der Waals surface area (Å²) >= 11 is 0. The van der Waals surface area contributed by atoms with Crippen molar-refractivity contribution in [3.05, 3.63) is 0 Å². The number of rotatable bonds is 6. The van der Waals surface area contributed by atoms with Gasteiger partial charge in [-0.25, -0.2) is 0 Å². The number of hydrogen-bond donors (Lipinski definition) is 4. The standard InChI is InChI=1S/C62H108N8/c1-61(2)45-23-7-11-29-51(45)69(52-30-12-8-24-46(52)61)55-37-44(40-20-16-22-42(36-40)58-66-50-28-18-34-64-60(50)68(58)6)56(70-53-31-13-9-25-47(53)62(3,4)48-26-10-14-32-54(48)70)38-43(55)39-19-15-21-41(35-39)57-65-49-27-17-33-63-59(49)67(57)5/h39-60,63-66H,7-38H2,1-6H3. The van der Waals surface area contributed by atoms with Gasteiger partial charge in [-0.1, -0.05) is 105 Å². The summed E-state index contributed by atoms with van der Waals surface area (Å²) in [6.45, 7) is 13.6. The van der Waals surface area contributed by atoms with Crippen LogP contribution >= 0.6 is 0 Å². The van der Waals surface area contributed by atoms with Crippen LogP contribution in [0.25, 0.3) is 0 Å². The van der Waals surface area contributed by atoms with E-state index in [0.29, 0.717) is 47.6 Å². The van der Waals surface area contributed by atoms with Crippen molar-refractivity contribution in [1.82, 2.24) is 40.9 Å². The molecule has 396 valence electrons. The second-order valence-electron chi connectivity index (χ2n) is 29.5. The summed E-state index contributed by atoms with van der Waals surface area (Å²) in [4.78, 5) is 12.8. The molecule has 0 spiro atoms. The molecule has 13 aliphatic rings. The highest BCUT2D eigenvalue weighted by Crippen LogP contribution is 2.62. The lowest BCUT2D eigenvalue weighted by atomic mass is 9.51. The molecule has 6 heterocycles. The SMILES string of the molecule is CN1C(C2CCCC(C3CC(N4C5CCCCC5C(C)(C)C5CCCCC54)C(C4CCCC(C5NC6CCCNC6N5C)C4)CC3N3C4CCCCC4C(C)(C)C4CCCCC43)C2)NC2CCCNC21. The van der Waals surface area contributed by atoms with Crippen LogP contribution in [0.2, 0.25) is 0 Å². The van der Waals surface area contributed by atoms with Crippen LogP contribution in [0.4, 0.5) is 0 Å². The first-order chi connectivity index (χ1) is 34.1. The molecule has 22 atom stereocenters. The average Bonchev–Trinajstić information content (AvgIpc) is 3.92. The lowest BCUT2D eigenvalue weighted by Gasteiger charge is -2.68. The third-order valence-corrected chi connectivity index (χ3v) is 26.0. The zero-order chi connectivity index (χ0) is 47.5. The van der Waals surface area contributed by atoms with E-state index in [-0.39, 0.29) is 0 Å². The van der Waals surface area contributed by atoms with Gasteiger partial charge in [0.25, 0.3) is 0 Å². The molecule has 0 aromatic carbocycles. The van der Waals surface area contributed by atoms with E-state index in [1.54, 1.807) is 0 Å². The fraction of sp³-hybridized carbons (Fsp3) is 1.00. The topological polar surface area (TPSA) is 61.1 Å². The Morgan fingerprint density at radius 1 is 0.329 bits per heavy atom. The monoisotopic (exact) mass is 965 g/mol. The van der Waals surface area contributed by atoms with Crippen molar-refractivity contribution < 1.29 is 0 Å². The Bertz CT molecular complexity index is 1610. The van der Waals surface area contributed by atoms with Crippen LogP contribution in [0.15, 0.2) is 0 Å². The normalized spacial score (nSPS) is 52.4. The molecular formula is C62H108N8. The van der Waals surface area contributed by atoms with Gasteiger partial charge in [-0.15, -0.1) is 0 Å². The molecule has 8 heteroatoms. The summed E-state index contributed by atoms with van der Waals surface area (Å²) in [5.41, 5.74) is 0.960. The van der Waals surface area contributed by atoms with Crippen LogP contribution in [0, 0.1) is 70.0 Å². The minimum atomic E-state index is 0.480. The minimum Gasteiger partial charge on any atom is -0.300 e. The highest BCUT2D eigenvalue weighted by Gasteiger charge is 2.62. The van der Waals surface area contributed by atoms with Gasteiger partial charge in [0.1, 0.15) is 0 Å². The molecule has 6 aliphatic heterocycles. The number of hydrogen-bond acceptors (Lipinski definition) is 8. The number of nitrogens with one attached hydrogen (secondary N) is 4. The molecular weight excluding hydrogens is 857 g/mol. The summed E-state index contributed by atoms with van der Waals surface area (Å²) in [6, 6.07) is 6.09. The first-order valence-corrected chi connectivity index (χ1v) is 32.1. The molecule has 4 N–H and O–H groups in total. The van der Waals surface area contributed by atoms with Gasteiger partial charge in [-0.3, -0.25) is 30.2 Å². The van der Waals surface area contributed by atoms with E-state index in [9.17, 15) is 0 Å². The lowest BCUT2D eigenvalue weighted by Crippen LogP contribution is -2.71. The Balaban J connectivity index is 0.908. The Morgan fingerprint density at radius 3 is 1.03 bits per heavy atom. The van der Waals surface area contributed by atoms with Crippen LogP contribution in [-0.2, 0) is 0 Å². The van der Waals surface area contributed by atoms with Crippen LogP contribution in [0.3, 0.4) is 0 Å². The van der Waals surface area contributed by atoms with E-state index in [1.807, 2.05) is 0 Å². The number of likely N-dealkylation sites (N-methyl/N-ethyl adjacent to an activating group) is 2. The predicted molar refractivity (Wildman–Crippen MR) is 288 cm³/mol. The third-order valence-electron chi connectivity index (χ3n) is 26.0. The smallest absolute Gasteiger partial charge is 0.0765 e. The van der Waals surface area contributed by atoms with Crippen LogP contribution in [0.1, 0.15) is 220 Å². The molecule has 7 aliphatic carbocycles. The van der Waals surface area contributed by atoms with Crippen molar-refractivity contribution in [2.45, 2.75) is 293 Å². The maximum atomic E-state index is 4.35. The molecule has 13 rings (SSSR count). The van der Waals surface area contributed by atoms with E-state index < -0.39 is 0 Å². The van der Waals surface area contributed by atoms with E-state index >= 15 is 0 Å². The maximum Gasteiger partial charge on any atom is 0.0765 e. The fourth-order valence-electron chi connectivity index (χ4n) is 23.1. The molecule has 6 saturated heterocycles. The van der Waals surface area contributed by atoms with E-state index in [4.69, 9.17) is 0 Å². The summed E-state index contributed by atoms with van der Waals surface area (Å²) in [7, 11) is 4.99. The summed E-state index contributed by atoms with van der Waals surface area (Å²) in [5, 5.41) is 16.7. The highest BCUT2D eigenvalue weighted by atomic mass is 15.4. The van der Waals surface area contributed by atoms with Gasteiger partial charge >= 0.3 is 0 Å². The maximum absolute atomic E-state index is 4.35. The van der Waals surface area contributed by atoms with Crippen molar-refractivity contribution in [1.29, 1.82) is 0 Å². The van der Waals surface area contributed by atoms with E-state index in [1.165, 1.54) is 206 Å². The van der Waals surface area contributed by atoms with Crippen molar-refractivity contribution in [2.75, 3.05) is 27.2 Å². The molecule has 7 saturated carbocycles. The Morgan fingerprint density at radius 2 is 0.671 bits per heavy atom. The van der Waals surface area contributed by atoms with Gasteiger partial charge in [0.2, 0.25) is 0 Å². The Kier molecular flexibility index (Phi) is 14.0. The van der Waals surface area contributed by atoms with Crippen molar-refractivity contribution in [2.24, 2.45) is 70.0 Å². The molecule has 0 aromatic rings. The molecule has 13 fully saturated rings. The molecule has 22 unspecified atom stereocenters. The molecule has 0 amide bonds. The van der Waals surface area contributed by atoms with Crippen molar-refractivity contribution in [3.63, 3.8) is 0 Å². The third kappa shape index (κ3) is 8.36. The van der Waals surface area contributed by atoms with Gasteiger partial charge in [0, 0.05) is 48.3 Å². The first kappa shape index (κ1) is 49.3. The number of piperidine rings is 4. The zero-order valence-electron chi connectivity index (χ0n) is 46.1. The highest BCUT2D eigenvalue weighted by molar-refractivity contribution is 5.15. The van der Waals surface area contributed by atoms with Gasteiger partial charge in [-0.2, -0.15) is 0 Å². The van der Waals surface area contributed by atoms with Gasteiger partial charge in [0.15, 0.2) is 0 Å². The number of nitrogens with zero attached hydrogens (tertiary/aromatic N) is 4. The summed E-state index contributed by atoms with van der Waals surface area (Å²) < 4.78 is 0. The van der Waals surface area contributed by atoms with Crippen LogP contribution in [-0.4, -0.2) is 120 Å². The van der Waals surface area contributed by atoms with Gasteiger partial charge in [0.05, 0.1) is 24.7 Å². The largest absolute Gasteiger partial charge is 0.300 e. The summed E-state index contributed by atoms with van der Waals surface area (Å²) in [5.74, 6) is 8.55. The van der Waals surface area contributed by atoms with Gasteiger partial charge in [-0.05, 0) is 213 Å². The average molecular weight is 966 g/mol. The lowest BCUT2D eigenvalue weighted by molar-refractivity contribution is -0.187. The van der Waals surface area contributed by atoms with Crippen LogP contribution < -0.4 is 21.3 Å². The Hall–Kier alpha value is -0.320. The quantitative estimate of drug-likeness (QED) is 0.210. The second kappa shape index (κ2) is 19.9. The number of fused-ring (bicyclic) bond motifs is 6. The molecule has 0 radical (unpaired) electrons. The van der Waals surface area contributed by atoms with Crippen molar-refractivity contribution >= 4 is 0 Å². The Labute approximate surface area is 429 Å².